The molecule has 0 bridgehead atoms. The molecule has 0 aliphatic heterocycles. The van der Waals surface area contributed by atoms with Crippen LogP contribution in [0.1, 0.15) is 0 Å². The Balaban J connectivity index is 1.13. The summed E-state index contributed by atoms with van der Waals surface area (Å²) in [7, 11) is 0. The van der Waals surface area contributed by atoms with E-state index in [-0.39, 0.29) is 0 Å². The first kappa shape index (κ1) is 26.2. The fourth-order valence-corrected chi connectivity index (χ4v) is 6.64. The van der Waals surface area contributed by atoms with Crippen molar-refractivity contribution in [2.24, 2.45) is 0 Å². The number of aromatic nitrogens is 3. The van der Waals surface area contributed by atoms with E-state index in [9.17, 15) is 0 Å². The Kier molecular flexibility index (Phi) is 6.14. The molecule has 0 spiro atoms. The molecule has 46 heavy (non-hydrogen) atoms. The Bertz CT molecular complexity index is 2570. The molecule has 0 amide bonds. The average molecular weight is 586 g/mol. The highest BCUT2D eigenvalue weighted by molar-refractivity contribution is 6.17. The van der Waals surface area contributed by atoms with Crippen molar-refractivity contribution in [2.75, 3.05) is 0 Å². The molecule has 0 unspecified atom stereocenters. The molecule has 0 N–H and O–H groups in total. The standard InChI is InChI=1S/C43H27N3/c1-2-9-29(10-3-1)35-15-7-16-37-40(35)36-14-4-5-17-39(36)46-41(37)31-20-18-28(19-21-31)33-11-6-12-34(27-33)38-25-24-32-23-22-30-13-8-26-44-42(30)43(32)45-38/h1-27H. The van der Waals surface area contributed by atoms with Crippen molar-refractivity contribution >= 4 is 43.5 Å². The first-order valence-corrected chi connectivity index (χ1v) is 15.5. The molecule has 6 aromatic carbocycles. The van der Waals surface area contributed by atoms with E-state index in [4.69, 9.17) is 9.97 Å². The highest BCUT2D eigenvalue weighted by Crippen LogP contribution is 2.39. The number of benzene rings is 6. The molecular formula is C43H27N3. The summed E-state index contributed by atoms with van der Waals surface area (Å²) in [5.74, 6) is 0. The second-order valence-electron chi connectivity index (χ2n) is 11.6. The van der Waals surface area contributed by atoms with Crippen LogP contribution in [0.15, 0.2) is 164 Å². The van der Waals surface area contributed by atoms with Crippen molar-refractivity contribution < 1.29 is 0 Å². The van der Waals surface area contributed by atoms with E-state index in [0.717, 1.165) is 66.4 Å². The average Bonchev–Trinajstić information content (AvgIpc) is 3.14. The summed E-state index contributed by atoms with van der Waals surface area (Å²) in [6, 6.07) is 55.5. The molecule has 0 saturated carbocycles. The number of para-hydroxylation sites is 1. The Hall–Kier alpha value is -6.19. The van der Waals surface area contributed by atoms with Crippen LogP contribution in [0.2, 0.25) is 0 Å². The molecule has 0 atom stereocenters. The van der Waals surface area contributed by atoms with Crippen LogP contribution in [0, 0.1) is 0 Å². The lowest BCUT2D eigenvalue weighted by Crippen LogP contribution is -1.92. The number of hydrogen-bond donors (Lipinski definition) is 0. The Labute approximate surface area is 266 Å². The quantitative estimate of drug-likeness (QED) is 0.193. The molecular weight excluding hydrogens is 558 g/mol. The smallest absolute Gasteiger partial charge is 0.0972 e. The van der Waals surface area contributed by atoms with Crippen LogP contribution in [0.5, 0.6) is 0 Å². The maximum absolute atomic E-state index is 5.20. The third kappa shape index (κ3) is 4.41. The summed E-state index contributed by atoms with van der Waals surface area (Å²) in [6.45, 7) is 0. The second-order valence-corrected chi connectivity index (χ2v) is 11.6. The van der Waals surface area contributed by atoms with Gasteiger partial charge in [-0.25, -0.2) is 9.97 Å². The van der Waals surface area contributed by atoms with Crippen molar-refractivity contribution in [1.82, 2.24) is 15.0 Å². The third-order valence-electron chi connectivity index (χ3n) is 8.89. The van der Waals surface area contributed by atoms with E-state index < -0.39 is 0 Å². The lowest BCUT2D eigenvalue weighted by Gasteiger charge is -2.14. The predicted octanol–water partition coefficient (Wildman–Crippen LogP) is 11.2. The molecule has 3 heterocycles. The zero-order valence-corrected chi connectivity index (χ0v) is 24.9. The van der Waals surface area contributed by atoms with Gasteiger partial charge in [0.1, 0.15) is 0 Å². The minimum Gasteiger partial charge on any atom is -0.254 e. The molecule has 3 nitrogen and oxygen atoms in total. The summed E-state index contributed by atoms with van der Waals surface area (Å²) >= 11 is 0. The van der Waals surface area contributed by atoms with Gasteiger partial charge in [0.15, 0.2) is 0 Å². The van der Waals surface area contributed by atoms with Crippen molar-refractivity contribution in [3.63, 3.8) is 0 Å². The summed E-state index contributed by atoms with van der Waals surface area (Å²) in [5.41, 5.74) is 11.7. The second kappa shape index (κ2) is 10.8. The minimum atomic E-state index is 0.927. The van der Waals surface area contributed by atoms with E-state index in [2.05, 4.69) is 157 Å². The fraction of sp³-hybridized carbons (Fsp3) is 0. The molecule has 0 saturated heterocycles. The fourth-order valence-electron chi connectivity index (χ4n) is 6.64. The zero-order chi connectivity index (χ0) is 30.5. The van der Waals surface area contributed by atoms with Crippen LogP contribution >= 0.6 is 0 Å². The van der Waals surface area contributed by atoms with Crippen LogP contribution in [-0.4, -0.2) is 15.0 Å². The van der Waals surface area contributed by atoms with Gasteiger partial charge >= 0.3 is 0 Å². The largest absolute Gasteiger partial charge is 0.254 e. The lowest BCUT2D eigenvalue weighted by molar-refractivity contribution is 1.37. The van der Waals surface area contributed by atoms with Gasteiger partial charge in [-0.1, -0.05) is 133 Å². The number of pyridine rings is 3. The van der Waals surface area contributed by atoms with Gasteiger partial charge < -0.3 is 0 Å². The third-order valence-corrected chi connectivity index (χ3v) is 8.89. The summed E-state index contributed by atoms with van der Waals surface area (Å²) in [6.07, 6.45) is 1.83. The zero-order valence-electron chi connectivity index (χ0n) is 24.9. The minimum absolute atomic E-state index is 0.927. The molecule has 0 aliphatic carbocycles. The van der Waals surface area contributed by atoms with E-state index in [1.807, 2.05) is 12.3 Å². The van der Waals surface area contributed by atoms with Crippen molar-refractivity contribution in [3.05, 3.63) is 164 Å². The molecule has 9 rings (SSSR count). The maximum atomic E-state index is 5.20. The van der Waals surface area contributed by atoms with Gasteiger partial charge in [0.25, 0.3) is 0 Å². The summed E-state index contributed by atoms with van der Waals surface area (Å²) in [4.78, 5) is 14.9. The van der Waals surface area contributed by atoms with Gasteiger partial charge in [-0.15, -0.1) is 0 Å². The Morgan fingerprint density at radius 2 is 1.09 bits per heavy atom. The number of fused-ring (bicyclic) bond motifs is 6. The molecule has 0 radical (unpaired) electrons. The van der Waals surface area contributed by atoms with Crippen molar-refractivity contribution in [3.8, 4) is 44.8 Å². The van der Waals surface area contributed by atoms with Gasteiger partial charge in [-0.3, -0.25) is 4.98 Å². The van der Waals surface area contributed by atoms with Crippen molar-refractivity contribution in [2.45, 2.75) is 0 Å². The topological polar surface area (TPSA) is 38.7 Å². The van der Waals surface area contributed by atoms with Crippen molar-refractivity contribution in [1.29, 1.82) is 0 Å². The van der Waals surface area contributed by atoms with E-state index in [0.29, 0.717) is 0 Å². The van der Waals surface area contributed by atoms with E-state index in [1.165, 1.54) is 21.9 Å². The van der Waals surface area contributed by atoms with Gasteiger partial charge in [0.2, 0.25) is 0 Å². The number of nitrogens with zero attached hydrogens (tertiary/aromatic N) is 3. The molecule has 3 heteroatoms. The highest BCUT2D eigenvalue weighted by atomic mass is 14.8. The molecule has 214 valence electrons. The van der Waals surface area contributed by atoms with Crippen LogP contribution in [0.4, 0.5) is 0 Å². The number of hydrogen-bond acceptors (Lipinski definition) is 3. The monoisotopic (exact) mass is 585 g/mol. The highest BCUT2D eigenvalue weighted by Gasteiger charge is 2.15. The maximum Gasteiger partial charge on any atom is 0.0972 e. The Morgan fingerprint density at radius 1 is 0.391 bits per heavy atom. The summed E-state index contributed by atoms with van der Waals surface area (Å²) in [5, 5.41) is 5.74. The normalized spacial score (nSPS) is 11.5. The first-order valence-electron chi connectivity index (χ1n) is 15.5. The molecule has 3 aromatic heterocycles. The van der Waals surface area contributed by atoms with Gasteiger partial charge in [-0.05, 0) is 46.5 Å². The first-order chi connectivity index (χ1) is 22.8. The lowest BCUT2D eigenvalue weighted by atomic mass is 9.92. The van der Waals surface area contributed by atoms with E-state index >= 15 is 0 Å². The SMILES string of the molecule is c1ccc(-c2cccc3c(-c4ccc(-c5cccc(-c6ccc7ccc8cccnc8c7n6)c5)cc4)nc4ccccc4c23)cc1. The number of rotatable bonds is 4. The van der Waals surface area contributed by atoms with Gasteiger partial charge in [0.05, 0.1) is 27.9 Å². The molecule has 0 aliphatic rings. The Morgan fingerprint density at radius 3 is 1.98 bits per heavy atom. The van der Waals surface area contributed by atoms with Crippen LogP contribution < -0.4 is 0 Å². The van der Waals surface area contributed by atoms with Crippen LogP contribution in [0.25, 0.3) is 88.2 Å². The van der Waals surface area contributed by atoms with E-state index in [1.54, 1.807) is 0 Å². The van der Waals surface area contributed by atoms with Gasteiger partial charge in [-0.2, -0.15) is 0 Å². The van der Waals surface area contributed by atoms with Crippen LogP contribution in [0.3, 0.4) is 0 Å². The van der Waals surface area contributed by atoms with Gasteiger partial charge in [0, 0.05) is 44.3 Å². The predicted molar refractivity (Wildman–Crippen MR) is 192 cm³/mol. The molecule has 0 fully saturated rings. The van der Waals surface area contributed by atoms with Crippen LogP contribution in [-0.2, 0) is 0 Å². The molecule has 9 aromatic rings. The summed E-state index contributed by atoms with van der Waals surface area (Å²) < 4.78 is 0.